The number of benzene rings is 5. The Balaban J connectivity index is 0.000000133. The molecule has 36 heavy (non-hydrogen) atoms. The lowest BCUT2D eigenvalue weighted by molar-refractivity contribution is 0.678. The SMILES string of the molecule is C=CC1(c2ccc3ccccc3c2)C=CC=CC1.c1ccc2c(c1)ccc1c3c(ccc12)CCCC3. The third kappa shape index (κ3) is 4.07. The summed E-state index contributed by atoms with van der Waals surface area (Å²) in [7, 11) is 0. The van der Waals surface area contributed by atoms with Gasteiger partial charge in [-0.05, 0) is 87.2 Å². The van der Waals surface area contributed by atoms with Crippen LogP contribution in [-0.2, 0) is 18.3 Å². The Morgan fingerprint density at radius 2 is 1.39 bits per heavy atom. The minimum Gasteiger partial charge on any atom is -0.102 e. The van der Waals surface area contributed by atoms with Crippen LogP contribution in [0.2, 0.25) is 0 Å². The van der Waals surface area contributed by atoms with Gasteiger partial charge in [0.05, 0.1) is 0 Å². The first-order chi connectivity index (χ1) is 17.8. The van der Waals surface area contributed by atoms with Crippen LogP contribution < -0.4 is 0 Å². The van der Waals surface area contributed by atoms with Gasteiger partial charge in [0.25, 0.3) is 0 Å². The summed E-state index contributed by atoms with van der Waals surface area (Å²) in [6.45, 7) is 4.03. The molecule has 5 aromatic carbocycles. The fraction of sp³-hybridized carbons (Fsp3) is 0.167. The van der Waals surface area contributed by atoms with Gasteiger partial charge in [0.15, 0.2) is 0 Å². The second-order valence-electron chi connectivity index (χ2n) is 10.1. The molecule has 0 saturated heterocycles. The normalized spacial score (nSPS) is 18.6. The highest BCUT2D eigenvalue weighted by Gasteiger charge is 2.25. The summed E-state index contributed by atoms with van der Waals surface area (Å²) >= 11 is 0. The summed E-state index contributed by atoms with van der Waals surface area (Å²) in [4.78, 5) is 0. The first kappa shape index (κ1) is 22.6. The first-order valence-corrected chi connectivity index (χ1v) is 13.2. The molecular weight excluding hydrogens is 432 g/mol. The van der Waals surface area contributed by atoms with Crippen molar-refractivity contribution in [1.29, 1.82) is 0 Å². The molecule has 2 aliphatic rings. The third-order valence-corrected chi connectivity index (χ3v) is 8.01. The molecule has 7 rings (SSSR count). The largest absolute Gasteiger partial charge is 0.102 e. The molecular formula is C36H32. The van der Waals surface area contributed by atoms with E-state index in [2.05, 4.69) is 128 Å². The Labute approximate surface area is 214 Å². The van der Waals surface area contributed by atoms with Gasteiger partial charge in [0.2, 0.25) is 0 Å². The summed E-state index contributed by atoms with van der Waals surface area (Å²) in [5.74, 6) is 0. The molecule has 0 aromatic heterocycles. The molecule has 0 heterocycles. The van der Waals surface area contributed by atoms with E-state index in [9.17, 15) is 0 Å². The standard InChI is InChI=1S/2C18H16/c1-3-7-15-13(5-1)9-11-18-16-8-4-2-6-14(16)10-12-17(15)18;1-2-18(12-6-3-7-13-18)17-11-10-15-8-4-5-9-16(15)14-17/h1,3,5,7,9-12H,2,4,6,8H2;2-12,14H,1,13H2. The van der Waals surface area contributed by atoms with E-state index in [0.29, 0.717) is 0 Å². The van der Waals surface area contributed by atoms with Gasteiger partial charge in [-0.25, -0.2) is 0 Å². The Morgan fingerprint density at radius 1 is 0.639 bits per heavy atom. The second kappa shape index (κ2) is 9.63. The molecule has 0 aliphatic heterocycles. The molecule has 5 aromatic rings. The molecule has 0 radical (unpaired) electrons. The topological polar surface area (TPSA) is 0 Å². The first-order valence-electron chi connectivity index (χ1n) is 13.2. The van der Waals surface area contributed by atoms with Gasteiger partial charge in [0.1, 0.15) is 0 Å². The van der Waals surface area contributed by atoms with Crippen LogP contribution in [0.1, 0.15) is 36.0 Å². The van der Waals surface area contributed by atoms with Crippen LogP contribution in [0.25, 0.3) is 32.3 Å². The molecule has 0 amide bonds. The fourth-order valence-corrected chi connectivity index (χ4v) is 5.94. The van der Waals surface area contributed by atoms with Crippen LogP contribution in [0.5, 0.6) is 0 Å². The predicted octanol–water partition coefficient (Wildman–Crippen LogP) is 9.65. The maximum absolute atomic E-state index is 4.03. The summed E-state index contributed by atoms with van der Waals surface area (Å²) < 4.78 is 0. The number of fused-ring (bicyclic) bond motifs is 6. The van der Waals surface area contributed by atoms with Crippen molar-refractivity contribution in [3.63, 3.8) is 0 Å². The van der Waals surface area contributed by atoms with E-state index in [1.807, 2.05) is 0 Å². The molecule has 0 spiro atoms. The Bertz CT molecular complexity index is 1630. The minimum absolute atomic E-state index is 0.0429. The van der Waals surface area contributed by atoms with Gasteiger partial charge in [-0.15, -0.1) is 6.58 Å². The van der Waals surface area contributed by atoms with Gasteiger partial charge < -0.3 is 0 Å². The monoisotopic (exact) mass is 464 g/mol. The van der Waals surface area contributed by atoms with Crippen molar-refractivity contribution >= 4 is 32.3 Å². The van der Waals surface area contributed by atoms with Gasteiger partial charge in [-0.2, -0.15) is 0 Å². The van der Waals surface area contributed by atoms with Crippen molar-refractivity contribution in [1.82, 2.24) is 0 Å². The highest BCUT2D eigenvalue weighted by atomic mass is 14.3. The molecule has 0 saturated carbocycles. The molecule has 0 heteroatoms. The quantitative estimate of drug-likeness (QED) is 0.180. The van der Waals surface area contributed by atoms with Crippen molar-refractivity contribution in [3.8, 4) is 0 Å². The number of rotatable bonds is 2. The summed E-state index contributed by atoms with van der Waals surface area (Å²) in [5, 5.41) is 8.22. The van der Waals surface area contributed by atoms with Crippen LogP contribution in [0, 0.1) is 0 Å². The highest BCUT2D eigenvalue weighted by Crippen LogP contribution is 2.35. The minimum atomic E-state index is -0.0429. The zero-order valence-electron chi connectivity index (χ0n) is 20.8. The molecule has 0 N–H and O–H groups in total. The number of hydrogen-bond acceptors (Lipinski definition) is 0. The van der Waals surface area contributed by atoms with Crippen LogP contribution in [0.15, 0.2) is 128 Å². The predicted molar refractivity (Wildman–Crippen MR) is 157 cm³/mol. The zero-order valence-corrected chi connectivity index (χ0v) is 20.8. The number of aryl methyl sites for hydroxylation is 2. The fourth-order valence-electron chi connectivity index (χ4n) is 5.94. The second-order valence-corrected chi connectivity index (χ2v) is 10.1. The van der Waals surface area contributed by atoms with E-state index < -0.39 is 0 Å². The average molecular weight is 465 g/mol. The summed E-state index contributed by atoms with van der Waals surface area (Å²) in [5.41, 5.74) is 4.45. The zero-order chi connectivity index (χ0) is 24.4. The lowest BCUT2D eigenvalue weighted by Gasteiger charge is -2.28. The van der Waals surface area contributed by atoms with Gasteiger partial charge >= 0.3 is 0 Å². The van der Waals surface area contributed by atoms with E-state index in [1.165, 1.54) is 63.6 Å². The summed E-state index contributed by atoms with van der Waals surface area (Å²) in [6.07, 6.45) is 16.9. The van der Waals surface area contributed by atoms with Crippen molar-refractivity contribution in [2.75, 3.05) is 0 Å². The molecule has 1 unspecified atom stereocenters. The van der Waals surface area contributed by atoms with E-state index in [0.717, 1.165) is 6.42 Å². The van der Waals surface area contributed by atoms with Crippen molar-refractivity contribution in [2.24, 2.45) is 0 Å². The average Bonchev–Trinajstić information content (AvgIpc) is 2.97. The maximum atomic E-state index is 4.03. The maximum Gasteiger partial charge on any atom is 0.0347 e. The summed E-state index contributed by atoms with van der Waals surface area (Å²) in [6, 6.07) is 33.1. The van der Waals surface area contributed by atoms with E-state index in [1.54, 1.807) is 11.1 Å². The highest BCUT2D eigenvalue weighted by molar-refractivity contribution is 6.08. The number of allylic oxidation sites excluding steroid dienone is 5. The Hall–Kier alpha value is -3.90. The Morgan fingerprint density at radius 3 is 2.22 bits per heavy atom. The van der Waals surface area contributed by atoms with Gasteiger partial charge in [0, 0.05) is 5.41 Å². The van der Waals surface area contributed by atoms with E-state index in [-0.39, 0.29) is 5.41 Å². The lowest BCUT2D eigenvalue weighted by atomic mass is 9.75. The van der Waals surface area contributed by atoms with Crippen LogP contribution >= 0.6 is 0 Å². The van der Waals surface area contributed by atoms with Crippen molar-refractivity contribution < 1.29 is 0 Å². The number of hydrogen-bond donors (Lipinski definition) is 0. The van der Waals surface area contributed by atoms with Gasteiger partial charge in [-0.1, -0.05) is 115 Å². The molecule has 0 fully saturated rings. The molecule has 0 bridgehead atoms. The third-order valence-electron chi connectivity index (χ3n) is 8.01. The van der Waals surface area contributed by atoms with Crippen molar-refractivity contribution in [2.45, 2.75) is 37.5 Å². The smallest absolute Gasteiger partial charge is 0.0347 e. The van der Waals surface area contributed by atoms with Crippen LogP contribution in [0.4, 0.5) is 0 Å². The van der Waals surface area contributed by atoms with E-state index >= 15 is 0 Å². The van der Waals surface area contributed by atoms with Gasteiger partial charge in [-0.3, -0.25) is 0 Å². The Kier molecular flexibility index (Phi) is 6.03. The molecule has 2 aliphatic carbocycles. The molecule has 0 nitrogen and oxygen atoms in total. The van der Waals surface area contributed by atoms with E-state index in [4.69, 9.17) is 0 Å². The van der Waals surface area contributed by atoms with Crippen LogP contribution in [-0.4, -0.2) is 0 Å². The molecule has 1 atom stereocenters. The van der Waals surface area contributed by atoms with Crippen LogP contribution in [0.3, 0.4) is 0 Å². The lowest BCUT2D eigenvalue weighted by Crippen LogP contribution is -2.20. The molecule has 176 valence electrons. The van der Waals surface area contributed by atoms with Crippen molar-refractivity contribution in [3.05, 3.63) is 145 Å².